The average molecular weight is 791 g/mol. The summed E-state index contributed by atoms with van der Waals surface area (Å²) < 4.78 is 118. The second-order valence-electron chi connectivity index (χ2n) is 5.23. The zero-order valence-electron chi connectivity index (χ0n) is 18.8. The van der Waals surface area contributed by atoms with E-state index in [0.29, 0.717) is 0 Å². The second kappa shape index (κ2) is 24.6. The molecular formula is C15H21Cl6F6O6RhS2+. The number of rotatable bonds is 0. The number of hydrogen-bond donors (Lipinski definition) is 0. The van der Waals surface area contributed by atoms with Crippen LogP contribution in [0, 0.1) is 29.6 Å². The Kier molecular flexibility index (Phi) is 34.5. The molecule has 0 aromatic heterocycles. The third-order valence-electron chi connectivity index (χ3n) is 3.38. The van der Waals surface area contributed by atoms with E-state index >= 15 is 0 Å². The Bertz CT molecular complexity index is 625. The van der Waals surface area contributed by atoms with Gasteiger partial charge in [0.25, 0.3) is 0 Å². The smallest absolute Gasteiger partial charge is 0.741 e. The Morgan fingerprint density at radius 1 is 0.528 bits per heavy atom. The molecule has 5 radical (unpaired) electrons. The zero-order chi connectivity index (χ0) is 30.0. The summed E-state index contributed by atoms with van der Waals surface area (Å²) in [6, 6.07) is 0. The Labute approximate surface area is 251 Å². The molecule has 1 fully saturated rings. The Morgan fingerprint density at radius 2 is 0.583 bits per heavy atom. The van der Waals surface area contributed by atoms with Gasteiger partial charge in [0, 0.05) is 0 Å². The van der Waals surface area contributed by atoms with Crippen molar-refractivity contribution in [1.82, 2.24) is 0 Å². The van der Waals surface area contributed by atoms with E-state index in [1.165, 1.54) is 29.6 Å². The van der Waals surface area contributed by atoms with Crippen molar-refractivity contribution >= 4 is 89.8 Å². The molecule has 0 spiro atoms. The van der Waals surface area contributed by atoms with Crippen LogP contribution in [0.5, 0.6) is 0 Å². The molecule has 0 saturated heterocycles. The van der Waals surface area contributed by atoms with E-state index in [9.17, 15) is 26.3 Å². The molecule has 1 aliphatic carbocycles. The quantitative estimate of drug-likeness (QED) is 0.0835. The van der Waals surface area contributed by atoms with Gasteiger partial charge in [0.2, 0.25) is 0 Å². The summed E-state index contributed by atoms with van der Waals surface area (Å²) in [5.41, 5.74) is -11.3. The molecule has 1 aliphatic rings. The van der Waals surface area contributed by atoms with E-state index in [1.54, 1.807) is 0 Å². The first-order valence-corrected chi connectivity index (χ1v) is 13.9. The van der Waals surface area contributed by atoms with Crippen molar-refractivity contribution in [3.63, 3.8) is 0 Å². The van der Waals surface area contributed by atoms with Gasteiger partial charge in [-0.25, -0.2) is 16.8 Å². The first kappa shape index (κ1) is 50.6. The second-order valence-corrected chi connectivity index (χ2v) is 10.4. The summed E-state index contributed by atoms with van der Waals surface area (Å²) in [5.74, 6) is 7.34. The predicted octanol–water partition coefficient (Wildman–Crippen LogP) is 7.34. The number of alkyl halides is 12. The third-order valence-corrected chi connectivity index (χ3v) is 4.51. The number of halogens is 12. The molecule has 0 heterocycles. The van der Waals surface area contributed by atoms with Crippen molar-refractivity contribution in [1.29, 1.82) is 0 Å². The predicted molar refractivity (Wildman–Crippen MR) is 126 cm³/mol. The van der Waals surface area contributed by atoms with Gasteiger partial charge in [0.15, 0.2) is 20.2 Å². The maximum atomic E-state index is 10.7. The van der Waals surface area contributed by atoms with Crippen molar-refractivity contribution in [3.05, 3.63) is 29.6 Å². The first-order chi connectivity index (χ1) is 15.3. The van der Waals surface area contributed by atoms with E-state index in [2.05, 4.69) is 34.6 Å². The molecule has 0 atom stereocenters. The van der Waals surface area contributed by atoms with E-state index in [0.717, 1.165) is 0 Å². The monoisotopic (exact) mass is 788 g/mol. The largest absolute Gasteiger partial charge is 3.00 e. The Morgan fingerprint density at radius 3 is 0.611 bits per heavy atom. The topological polar surface area (TPSA) is 114 Å². The summed E-state index contributed by atoms with van der Waals surface area (Å²) in [6.07, 6.45) is 0. The molecular weight excluding hydrogens is 770 g/mol. The maximum absolute atomic E-state index is 10.7. The summed E-state index contributed by atoms with van der Waals surface area (Å²) >= 11 is 28.6. The minimum absolute atomic E-state index is 0. The van der Waals surface area contributed by atoms with Gasteiger partial charge >= 0.3 is 30.5 Å². The molecule has 6 nitrogen and oxygen atoms in total. The fourth-order valence-electron chi connectivity index (χ4n) is 1.41. The molecule has 0 aliphatic heterocycles. The van der Waals surface area contributed by atoms with Crippen LogP contribution in [0.4, 0.5) is 26.3 Å². The minimum atomic E-state index is -6.09. The van der Waals surface area contributed by atoms with Gasteiger partial charge in [-0.3, -0.25) is 0 Å². The Balaban J connectivity index is -0.0000000800. The van der Waals surface area contributed by atoms with E-state index in [4.69, 9.17) is 95.5 Å². The van der Waals surface area contributed by atoms with Crippen LogP contribution in [-0.4, -0.2) is 53.0 Å². The van der Waals surface area contributed by atoms with Crippen molar-refractivity contribution in [2.24, 2.45) is 0 Å². The van der Waals surface area contributed by atoms with Crippen LogP contribution in [0.2, 0.25) is 0 Å². The average Bonchev–Trinajstić information content (AvgIpc) is 2.79. The number of hydrogen-bond acceptors (Lipinski definition) is 6. The molecule has 36 heavy (non-hydrogen) atoms. The zero-order valence-corrected chi connectivity index (χ0v) is 26.6. The van der Waals surface area contributed by atoms with Crippen LogP contribution in [0.25, 0.3) is 0 Å². The minimum Gasteiger partial charge on any atom is -0.741 e. The SMILES string of the molecule is C[C]1[C](C)[C](C)[C](C)[C]1C.ClCCl.ClCCl.ClCCl.O=S(=O)([O-])C(F)(F)F.O=S(=O)([O-])C(F)(F)F.[Rh+3]. The van der Waals surface area contributed by atoms with E-state index in [-0.39, 0.29) is 35.5 Å². The maximum Gasteiger partial charge on any atom is 3.00 e. The molecule has 221 valence electrons. The van der Waals surface area contributed by atoms with Gasteiger partial charge < -0.3 is 9.11 Å². The third kappa shape index (κ3) is 27.3. The summed E-state index contributed by atoms with van der Waals surface area (Å²) in [7, 11) is -12.2. The molecule has 1 saturated carbocycles. The molecule has 0 aromatic rings. The summed E-state index contributed by atoms with van der Waals surface area (Å²) in [4.78, 5) is 0. The van der Waals surface area contributed by atoms with Crippen molar-refractivity contribution in [2.75, 3.05) is 16.0 Å². The van der Waals surface area contributed by atoms with Crippen LogP contribution in [0.1, 0.15) is 34.6 Å². The molecule has 0 amide bonds. The van der Waals surface area contributed by atoms with E-state index in [1.807, 2.05) is 0 Å². The molecule has 1 rings (SSSR count). The summed E-state index contributed by atoms with van der Waals surface area (Å²) in [5, 5.41) is 0.583. The van der Waals surface area contributed by atoms with Crippen LogP contribution in [0.3, 0.4) is 0 Å². The molecule has 0 unspecified atom stereocenters. The first-order valence-electron chi connectivity index (χ1n) is 7.90. The summed E-state index contributed by atoms with van der Waals surface area (Å²) in [6.45, 7) is 11.0. The van der Waals surface area contributed by atoms with Crippen LogP contribution < -0.4 is 0 Å². The standard InChI is InChI=1S/C10H15.3CH2Cl2.2CHF3O3S.Rh/c1-6-7(2)9(4)10(5)8(6)3;3*2-1-3;2*2-1(3,4)8(5,6)7;/h1-5H3;3*1H2;2*(H,5,6,7);/q;;;;;;+3/p-2. The molecule has 0 aromatic carbocycles. The van der Waals surface area contributed by atoms with Gasteiger partial charge in [-0.05, 0) is 29.6 Å². The normalized spacial score (nSPS) is 15.6. The fourth-order valence-corrected chi connectivity index (χ4v) is 1.41. The van der Waals surface area contributed by atoms with Crippen molar-refractivity contribution in [3.8, 4) is 0 Å². The van der Waals surface area contributed by atoms with Crippen LogP contribution in [-0.2, 0) is 39.7 Å². The fraction of sp³-hybridized carbons (Fsp3) is 0.667. The van der Waals surface area contributed by atoms with Gasteiger partial charge in [-0.15, -0.1) is 69.6 Å². The molecule has 0 bridgehead atoms. The van der Waals surface area contributed by atoms with E-state index < -0.39 is 31.3 Å². The molecule has 0 N–H and O–H groups in total. The molecule has 21 heteroatoms. The van der Waals surface area contributed by atoms with Crippen LogP contribution >= 0.6 is 69.6 Å². The van der Waals surface area contributed by atoms with Crippen molar-refractivity contribution in [2.45, 2.75) is 45.6 Å². The van der Waals surface area contributed by atoms with Gasteiger partial charge in [0.1, 0.15) is 0 Å². The van der Waals surface area contributed by atoms with Gasteiger partial charge in [-0.2, -0.15) is 26.3 Å². The van der Waals surface area contributed by atoms with Crippen molar-refractivity contribution < 1.29 is 71.8 Å². The van der Waals surface area contributed by atoms with Crippen LogP contribution in [0.15, 0.2) is 0 Å². The Hall–Kier alpha value is 1.76. The van der Waals surface area contributed by atoms with Gasteiger partial charge in [-0.1, -0.05) is 34.6 Å². The van der Waals surface area contributed by atoms with Gasteiger partial charge in [0.05, 0.1) is 16.0 Å².